The van der Waals surface area contributed by atoms with Crippen LogP contribution in [0.25, 0.3) is 6.08 Å². The minimum atomic E-state index is -0.512. The van der Waals surface area contributed by atoms with Crippen molar-refractivity contribution in [1.29, 1.82) is 0 Å². The summed E-state index contributed by atoms with van der Waals surface area (Å²) in [5.74, 6) is -0.322. The average molecular weight is 320 g/mol. The molecule has 0 fully saturated rings. The molecule has 1 N–H and O–H groups in total. The van der Waals surface area contributed by atoms with Gasteiger partial charge in [-0.2, -0.15) is 0 Å². The molecule has 1 aromatic heterocycles. The monoisotopic (exact) mass is 319 g/mol. The standard InChI is InChI=1S/C15H14ClN3O3/c1-18-12(9-14(21)19(2)15(18)22)17-13(20)7-6-10-4-3-5-11(16)8-10/h3-9H,1-2H3,(H,17,20). The number of rotatable bonds is 3. The van der Waals surface area contributed by atoms with Crippen molar-refractivity contribution in [3.8, 4) is 0 Å². The highest BCUT2D eigenvalue weighted by molar-refractivity contribution is 6.30. The van der Waals surface area contributed by atoms with E-state index in [1.54, 1.807) is 30.3 Å². The van der Waals surface area contributed by atoms with Crippen LogP contribution in [0.4, 0.5) is 5.82 Å². The van der Waals surface area contributed by atoms with E-state index in [0.29, 0.717) is 5.02 Å². The van der Waals surface area contributed by atoms with Crippen LogP contribution in [-0.4, -0.2) is 15.0 Å². The summed E-state index contributed by atoms with van der Waals surface area (Å²) in [5, 5.41) is 3.06. The minimum Gasteiger partial charge on any atom is -0.308 e. The number of carbonyl (C=O) groups excluding carboxylic acids is 1. The van der Waals surface area contributed by atoms with Crippen molar-refractivity contribution in [1.82, 2.24) is 9.13 Å². The second-order valence-corrected chi connectivity index (χ2v) is 5.08. The van der Waals surface area contributed by atoms with E-state index in [4.69, 9.17) is 11.6 Å². The molecule has 114 valence electrons. The summed E-state index contributed by atoms with van der Waals surface area (Å²) < 4.78 is 2.14. The van der Waals surface area contributed by atoms with Gasteiger partial charge in [-0.05, 0) is 23.8 Å². The Bertz CT molecular complexity index is 865. The Morgan fingerprint density at radius 3 is 2.59 bits per heavy atom. The lowest BCUT2D eigenvalue weighted by molar-refractivity contribution is -0.111. The van der Waals surface area contributed by atoms with Gasteiger partial charge in [0.1, 0.15) is 5.82 Å². The van der Waals surface area contributed by atoms with Crippen LogP contribution in [0.15, 0.2) is 46.0 Å². The largest absolute Gasteiger partial charge is 0.332 e. The molecule has 0 saturated carbocycles. The average Bonchev–Trinajstić information content (AvgIpc) is 2.48. The van der Waals surface area contributed by atoms with Crippen LogP contribution in [0.3, 0.4) is 0 Å². The van der Waals surface area contributed by atoms with Crippen LogP contribution >= 0.6 is 11.6 Å². The van der Waals surface area contributed by atoms with Gasteiger partial charge >= 0.3 is 5.69 Å². The van der Waals surface area contributed by atoms with Gasteiger partial charge < -0.3 is 5.32 Å². The molecule has 7 heteroatoms. The maximum atomic E-state index is 11.9. The summed E-state index contributed by atoms with van der Waals surface area (Å²) in [6, 6.07) is 8.19. The van der Waals surface area contributed by atoms with Gasteiger partial charge in [0.15, 0.2) is 0 Å². The predicted molar refractivity (Wildman–Crippen MR) is 86.0 cm³/mol. The highest BCUT2D eigenvalue weighted by Gasteiger charge is 2.07. The Hall–Kier alpha value is -2.60. The van der Waals surface area contributed by atoms with E-state index in [-0.39, 0.29) is 5.82 Å². The molecular weight excluding hydrogens is 306 g/mol. The zero-order chi connectivity index (χ0) is 16.3. The lowest BCUT2D eigenvalue weighted by Gasteiger charge is -2.09. The summed E-state index contributed by atoms with van der Waals surface area (Å²) in [7, 11) is 2.84. The number of halogens is 1. The predicted octanol–water partition coefficient (Wildman–Crippen LogP) is 1.39. The number of benzene rings is 1. The fourth-order valence-corrected chi connectivity index (χ4v) is 2.00. The first kappa shape index (κ1) is 15.8. The summed E-state index contributed by atoms with van der Waals surface area (Å²) in [4.78, 5) is 35.2. The molecule has 2 aromatic rings. The second-order valence-electron chi connectivity index (χ2n) is 4.65. The second kappa shape index (κ2) is 6.44. The Kier molecular flexibility index (Phi) is 4.62. The van der Waals surface area contributed by atoms with Gasteiger partial charge in [-0.15, -0.1) is 0 Å². The van der Waals surface area contributed by atoms with E-state index in [0.717, 1.165) is 10.1 Å². The fourth-order valence-electron chi connectivity index (χ4n) is 1.80. The molecule has 1 heterocycles. The number of hydrogen-bond donors (Lipinski definition) is 1. The van der Waals surface area contributed by atoms with Gasteiger partial charge in [0.05, 0.1) is 0 Å². The summed E-state index contributed by atoms with van der Waals surface area (Å²) in [6.45, 7) is 0. The third-order valence-corrected chi connectivity index (χ3v) is 3.29. The maximum absolute atomic E-state index is 11.9. The van der Waals surface area contributed by atoms with E-state index in [9.17, 15) is 14.4 Å². The molecule has 0 spiro atoms. The smallest absolute Gasteiger partial charge is 0.308 e. The van der Waals surface area contributed by atoms with E-state index in [2.05, 4.69) is 5.32 Å². The lowest BCUT2D eigenvalue weighted by atomic mass is 10.2. The van der Waals surface area contributed by atoms with Crippen molar-refractivity contribution in [2.24, 2.45) is 14.1 Å². The normalized spacial score (nSPS) is 10.9. The highest BCUT2D eigenvalue weighted by atomic mass is 35.5. The number of nitrogens with one attached hydrogen (secondary N) is 1. The van der Waals surface area contributed by atoms with Crippen LogP contribution in [0.2, 0.25) is 5.02 Å². The van der Waals surface area contributed by atoms with Crippen molar-refractivity contribution in [3.63, 3.8) is 0 Å². The molecule has 0 radical (unpaired) electrons. The minimum absolute atomic E-state index is 0.133. The first-order chi connectivity index (χ1) is 10.4. The maximum Gasteiger partial charge on any atom is 0.332 e. The SMILES string of the molecule is Cn1c(NC(=O)C=Cc2cccc(Cl)c2)cc(=O)n(C)c1=O. The number of hydrogen-bond acceptors (Lipinski definition) is 3. The van der Waals surface area contributed by atoms with Gasteiger partial charge in [0.2, 0.25) is 5.91 Å². The molecule has 0 aliphatic rings. The van der Waals surface area contributed by atoms with Crippen molar-refractivity contribution in [3.05, 3.63) is 67.8 Å². The fraction of sp³-hybridized carbons (Fsp3) is 0.133. The summed E-state index contributed by atoms with van der Waals surface area (Å²) >= 11 is 5.85. The number of amides is 1. The molecule has 0 bridgehead atoms. The third kappa shape index (κ3) is 3.53. The molecule has 1 amide bonds. The molecule has 0 atom stereocenters. The molecule has 0 aliphatic carbocycles. The number of aromatic nitrogens is 2. The van der Waals surface area contributed by atoms with Crippen LogP contribution in [0, 0.1) is 0 Å². The Morgan fingerprint density at radius 2 is 1.91 bits per heavy atom. The van der Waals surface area contributed by atoms with E-state index < -0.39 is 17.2 Å². The Morgan fingerprint density at radius 1 is 1.18 bits per heavy atom. The molecule has 6 nitrogen and oxygen atoms in total. The molecule has 2 rings (SSSR count). The summed E-state index contributed by atoms with van der Waals surface area (Å²) in [5.41, 5.74) is -0.237. The highest BCUT2D eigenvalue weighted by Crippen LogP contribution is 2.11. The zero-order valence-electron chi connectivity index (χ0n) is 12.0. The molecule has 0 aliphatic heterocycles. The quantitative estimate of drug-likeness (QED) is 0.869. The van der Waals surface area contributed by atoms with Crippen molar-refractivity contribution in [2.45, 2.75) is 0 Å². The van der Waals surface area contributed by atoms with E-state index in [1.807, 2.05) is 0 Å². The Labute approximate surface area is 131 Å². The van der Waals surface area contributed by atoms with E-state index >= 15 is 0 Å². The van der Waals surface area contributed by atoms with Gasteiger partial charge in [0, 0.05) is 31.3 Å². The Balaban J connectivity index is 2.20. The van der Waals surface area contributed by atoms with Crippen LogP contribution in [-0.2, 0) is 18.9 Å². The van der Waals surface area contributed by atoms with Crippen molar-refractivity contribution in [2.75, 3.05) is 5.32 Å². The number of anilines is 1. The topological polar surface area (TPSA) is 73.1 Å². The zero-order valence-corrected chi connectivity index (χ0v) is 12.8. The van der Waals surface area contributed by atoms with Crippen LogP contribution < -0.4 is 16.6 Å². The molecular formula is C15H14ClN3O3. The lowest BCUT2D eigenvalue weighted by Crippen LogP contribution is -2.37. The number of nitrogens with zero attached hydrogens (tertiary/aromatic N) is 2. The molecule has 22 heavy (non-hydrogen) atoms. The van der Waals surface area contributed by atoms with Gasteiger partial charge in [-0.25, -0.2) is 4.79 Å². The molecule has 1 aromatic carbocycles. The molecule has 0 saturated heterocycles. The van der Waals surface area contributed by atoms with Crippen molar-refractivity contribution >= 4 is 29.4 Å². The first-order valence-corrected chi connectivity index (χ1v) is 6.78. The van der Waals surface area contributed by atoms with Gasteiger partial charge in [-0.1, -0.05) is 23.7 Å². The third-order valence-electron chi connectivity index (χ3n) is 3.05. The van der Waals surface area contributed by atoms with Gasteiger partial charge in [-0.3, -0.25) is 18.7 Å². The molecule has 0 unspecified atom stereocenters. The van der Waals surface area contributed by atoms with Crippen LogP contribution in [0.1, 0.15) is 5.56 Å². The first-order valence-electron chi connectivity index (χ1n) is 6.40. The summed E-state index contributed by atoms with van der Waals surface area (Å²) in [6.07, 6.45) is 2.88. The number of carbonyl (C=O) groups is 1. The van der Waals surface area contributed by atoms with Crippen molar-refractivity contribution < 1.29 is 4.79 Å². The van der Waals surface area contributed by atoms with Crippen LogP contribution in [0.5, 0.6) is 0 Å². The van der Waals surface area contributed by atoms with Gasteiger partial charge in [0.25, 0.3) is 5.56 Å². The van der Waals surface area contributed by atoms with E-state index in [1.165, 1.54) is 30.8 Å².